The van der Waals surface area contributed by atoms with Crippen LogP contribution in [0.25, 0.3) is 11.3 Å². The molecule has 2 aromatic rings. The minimum atomic E-state index is 0.509. The van der Waals surface area contributed by atoms with Gasteiger partial charge in [0.25, 0.3) is 0 Å². The van der Waals surface area contributed by atoms with Crippen molar-refractivity contribution in [1.29, 1.82) is 0 Å². The van der Waals surface area contributed by atoms with Crippen molar-refractivity contribution >= 4 is 12.2 Å². The van der Waals surface area contributed by atoms with Crippen LogP contribution >= 0.6 is 12.2 Å². The van der Waals surface area contributed by atoms with Crippen LogP contribution in [-0.2, 0) is 6.54 Å². The molecule has 0 aromatic carbocycles. The summed E-state index contributed by atoms with van der Waals surface area (Å²) in [4.78, 5) is 7.24. The first-order valence-corrected chi connectivity index (χ1v) is 5.20. The number of rotatable bonds is 2. The van der Waals surface area contributed by atoms with Gasteiger partial charge in [-0.1, -0.05) is 0 Å². The minimum absolute atomic E-state index is 0.509. The highest BCUT2D eigenvalue weighted by molar-refractivity contribution is 7.71. The second-order valence-corrected chi connectivity index (χ2v) is 3.73. The van der Waals surface area contributed by atoms with Gasteiger partial charge < -0.3 is 4.98 Å². The number of hydrogen-bond donors (Lipinski definition) is 1. The Morgan fingerprint density at radius 1 is 1.53 bits per heavy atom. The Balaban J connectivity index is 2.48. The third kappa shape index (κ3) is 2.12. The number of aryl methyl sites for hydroxylation is 2. The summed E-state index contributed by atoms with van der Waals surface area (Å²) in [5, 5.41) is 4.20. The summed E-state index contributed by atoms with van der Waals surface area (Å²) < 4.78 is 2.38. The molecule has 0 bridgehead atoms. The summed E-state index contributed by atoms with van der Waals surface area (Å²) in [5.74, 6) is 0. The van der Waals surface area contributed by atoms with Crippen LogP contribution < -0.4 is 0 Å². The molecule has 0 aliphatic heterocycles. The Kier molecular flexibility index (Phi) is 2.64. The summed E-state index contributed by atoms with van der Waals surface area (Å²) in [7, 11) is 0. The monoisotopic (exact) mass is 220 g/mol. The lowest BCUT2D eigenvalue weighted by atomic mass is 10.2. The molecule has 2 aromatic heterocycles. The van der Waals surface area contributed by atoms with Gasteiger partial charge in [-0.05, 0) is 32.1 Å². The van der Waals surface area contributed by atoms with E-state index in [0.717, 1.165) is 23.5 Å². The molecule has 0 aliphatic carbocycles. The first-order chi connectivity index (χ1) is 7.19. The summed E-state index contributed by atoms with van der Waals surface area (Å²) in [6.45, 7) is 4.87. The molecule has 0 spiro atoms. The van der Waals surface area contributed by atoms with Gasteiger partial charge in [-0.3, -0.25) is 4.68 Å². The number of nitrogens with zero attached hydrogens (tertiary/aromatic N) is 3. The SMILES string of the molecule is CCn1cc(-c2cc(C)[nH]c(=S)n2)cn1. The van der Waals surface area contributed by atoms with Crippen LogP contribution in [0.4, 0.5) is 0 Å². The second kappa shape index (κ2) is 3.94. The standard InChI is InChI=1S/C10H12N4S/c1-3-14-6-8(5-11-14)9-4-7(2)12-10(15)13-9/h4-6H,3H2,1-2H3,(H,12,13,15). The number of nitrogens with one attached hydrogen (secondary N) is 1. The molecule has 0 amide bonds. The quantitative estimate of drug-likeness (QED) is 0.790. The predicted molar refractivity (Wildman–Crippen MR) is 61.1 cm³/mol. The van der Waals surface area contributed by atoms with Gasteiger partial charge >= 0.3 is 0 Å². The van der Waals surface area contributed by atoms with E-state index in [1.807, 2.05) is 30.8 Å². The highest BCUT2D eigenvalue weighted by Crippen LogP contribution is 2.15. The zero-order valence-corrected chi connectivity index (χ0v) is 9.51. The van der Waals surface area contributed by atoms with Gasteiger partial charge in [-0.15, -0.1) is 0 Å². The van der Waals surface area contributed by atoms with Crippen LogP contribution in [0.2, 0.25) is 0 Å². The van der Waals surface area contributed by atoms with Gasteiger partial charge in [0.05, 0.1) is 11.9 Å². The van der Waals surface area contributed by atoms with Crippen molar-refractivity contribution in [2.24, 2.45) is 0 Å². The van der Waals surface area contributed by atoms with E-state index >= 15 is 0 Å². The van der Waals surface area contributed by atoms with Crippen molar-refractivity contribution < 1.29 is 0 Å². The number of H-pyrrole nitrogens is 1. The smallest absolute Gasteiger partial charge is 0.197 e. The summed E-state index contributed by atoms with van der Waals surface area (Å²) in [5.41, 5.74) is 2.88. The average molecular weight is 220 g/mol. The molecule has 0 saturated carbocycles. The van der Waals surface area contributed by atoms with Crippen LogP contribution in [0.15, 0.2) is 18.5 Å². The maximum atomic E-state index is 5.03. The lowest BCUT2D eigenvalue weighted by molar-refractivity contribution is 0.660. The zero-order chi connectivity index (χ0) is 10.8. The van der Waals surface area contributed by atoms with E-state index in [0.29, 0.717) is 4.77 Å². The Morgan fingerprint density at radius 2 is 2.33 bits per heavy atom. The topological polar surface area (TPSA) is 46.5 Å². The molecule has 0 saturated heterocycles. The summed E-state index contributed by atoms with van der Waals surface area (Å²) >= 11 is 5.03. The van der Waals surface area contributed by atoms with Gasteiger partial charge in [0.1, 0.15) is 0 Å². The first kappa shape index (κ1) is 10.0. The van der Waals surface area contributed by atoms with Crippen molar-refractivity contribution in [3.63, 3.8) is 0 Å². The molecule has 0 radical (unpaired) electrons. The Morgan fingerprint density at radius 3 is 2.93 bits per heavy atom. The normalized spacial score (nSPS) is 10.5. The van der Waals surface area contributed by atoms with E-state index in [2.05, 4.69) is 15.1 Å². The van der Waals surface area contributed by atoms with E-state index in [9.17, 15) is 0 Å². The molecule has 2 heterocycles. The molecule has 0 fully saturated rings. The Bertz CT molecular complexity index is 526. The average Bonchev–Trinajstić information content (AvgIpc) is 2.64. The fourth-order valence-electron chi connectivity index (χ4n) is 1.40. The lowest BCUT2D eigenvalue weighted by Gasteiger charge is -1.98. The van der Waals surface area contributed by atoms with E-state index in [1.54, 1.807) is 6.20 Å². The molecule has 4 nitrogen and oxygen atoms in total. The van der Waals surface area contributed by atoms with Gasteiger partial charge in [-0.2, -0.15) is 5.10 Å². The van der Waals surface area contributed by atoms with Crippen molar-refractivity contribution in [1.82, 2.24) is 19.7 Å². The van der Waals surface area contributed by atoms with Crippen molar-refractivity contribution in [2.45, 2.75) is 20.4 Å². The maximum Gasteiger partial charge on any atom is 0.197 e. The molecule has 0 unspecified atom stereocenters. The van der Waals surface area contributed by atoms with Crippen molar-refractivity contribution in [3.05, 3.63) is 28.9 Å². The largest absolute Gasteiger partial charge is 0.335 e. The van der Waals surface area contributed by atoms with Crippen molar-refractivity contribution in [3.8, 4) is 11.3 Å². The van der Waals surface area contributed by atoms with Crippen LogP contribution in [0.1, 0.15) is 12.6 Å². The van der Waals surface area contributed by atoms with E-state index < -0.39 is 0 Å². The van der Waals surface area contributed by atoms with Gasteiger partial charge in [-0.25, -0.2) is 4.98 Å². The minimum Gasteiger partial charge on any atom is -0.335 e. The number of hydrogen-bond acceptors (Lipinski definition) is 3. The fraction of sp³-hybridized carbons (Fsp3) is 0.300. The van der Waals surface area contributed by atoms with Gasteiger partial charge in [0.2, 0.25) is 0 Å². The van der Waals surface area contributed by atoms with Crippen LogP contribution in [-0.4, -0.2) is 19.7 Å². The van der Waals surface area contributed by atoms with Gasteiger partial charge in [0.15, 0.2) is 4.77 Å². The summed E-state index contributed by atoms with van der Waals surface area (Å²) in [6, 6.07) is 1.97. The number of aromatic nitrogens is 4. The Hall–Kier alpha value is -1.49. The molecular formula is C10H12N4S. The zero-order valence-electron chi connectivity index (χ0n) is 8.69. The summed E-state index contributed by atoms with van der Waals surface area (Å²) in [6.07, 6.45) is 3.77. The molecular weight excluding hydrogens is 208 g/mol. The highest BCUT2D eigenvalue weighted by atomic mass is 32.1. The molecule has 0 aliphatic rings. The van der Waals surface area contributed by atoms with E-state index in [1.165, 1.54) is 0 Å². The molecule has 15 heavy (non-hydrogen) atoms. The van der Waals surface area contributed by atoms with Crippen LogP contribution in [0.3, 0.4) is 0 Å². The van der Waals surface area contributed by atoms with Gasteiger partial charge in [0, 0.05) is 24.0 Å². The van der Waals surface area contributed by atoms with E-state index in [4.69, 9.17) is 12.2 Å². The van der Waals surface area contributed by atoms with Crippen molar-refractivity contribution in [2.75, 3.05) is 0 Å². The second-order valence-electron chi connectivity index (χ2n) is 3.34. The highest BCUT2D eigenvalue weighted by Gasteiger charge is 2.03. The Labute approximate surface area is 93.0 Å². The molecule has 5 heteroatoms. The van der Waals surface area contributed by atoms with Crippen LogP contribution in [0, 0.1) is 11.7 Å². The number of aromatic amines is 1. The molecule has 0 atom stereocenters. The fourth-order valence-corrected chi connectivity index (χ4v) is 1.66. The third-order valence-electron chi connectivity index (χ3n) is 2.13. The molecule has 1 N–H and O–H groups in total. The third-order valence-corrected chi connectivity index (χ3v) is 2.33. The molecule has 2 rings (SSSR count). The predicted octanol–water partition coefficient (Wildman–Crippen LogP) is 2.33. The lowest BCUT2D eigenvalue weighted by Crippen LogP contribution is -1.92. The molecule has 78 valence electrons. The maximum absolute atomic E-state index is 5.03. The van der Waals surface area contributed by atoms with Crippen LogP contribution in [0.5, 0.6) is 0 Å². The first-order valence-electron chi connectivity index (χ1n) is 4.80. The van der Waals surface area contributed by atoms with E-state index in [-0.39, 0.29) is 0 Å².